The van der Waals surface area contributed by atoms with Crippen LogP contribution in [0.4, 0.5) is 21.6 Å². The lowest BCUT2D eigenvalue weighted by atomic mass is 10.1. The predicted molar refractivity (Wildman–Crippen MR) is 121 cm³/mol. The van der Waals surface area contributed by atoms with Gasteiger partial charge in [0.15, 0.2) is 5.69 Å². The molecule has 32 heavy (non-hydrogen) atoms. The van der Waals surface area contributed by atoms with E-state index in [0.29, 0.717) is 34.3 Å². The summed E-state index contributed by atoms with van der Waals surface area (Å²) in [6.45, 7) is 3.51. The van der Waals surface area contributed by atoms with Gasteiger partial charge in [0.2, 0.25) is 0 Å². The number of amides is 1. The first kappa shape index (κ1) is 20.9. The molecule has 0 radical (unpaired) electrons. The second-order valence-corrected chi connectivity index (χ2v) is 7.22. The number of rotatable bonds is 4. The third-order valence-corrected chi connectivity index (χ3v) is 4.75. The lowest BCUT2D eigenvalue weighted by Gasteiger charge is -2.12. The van der Waals surface area contributed by atoms with Gasteiger partial charge in [-0.25, -0.2) is 19.3 Å². The van der Waals surface area contributed by atoms with Crippen molar-refractivity contribution >= 4 is 23.1 Å². The Morgan fingerprint density at radius 3 is 2.50 bits per heavy atom. The van der Waals surface area contributed by atoms with Crippen molar-refractivity contribution in [2.75, 3.05) is 16.8 Å². The first-order chi connectivity index (χ1) is 15.3. The molecule has 0 unspecified atom stereocenters. The van der Waals surface area contributed by atoms with Crippen molar-refractivity contribution in [3.8, 4) is 22.5 Å². The fraction of sp³-hybridized carbons (Fsp3) is 0.0870. The van der Waals surface area contributed by atoms with Gasteiger partial charge in [0, 0.05) is 23.4 Å². The highest BCUT2D eigenvalue weighted by atomic mass is 19.1. The second kappa shape index (κ2) is 8.38. The molecular formula is C23H20FN7O. The maximum absolute atomic E-state index is 14.4. The molecule has 1 amide bonds. The molecule has 8 nitrogen and oxygen atoms in total. The quantitative estimate of drug-likeness (QED) is 0.450. The Bertz CT molecular complexity index is 1320. The number of carbonyl (C=O) groups excluding carboxylic acids is 1. The SMILES string of the molecule is Cc1ccc(-c2ccc(N)c(C(=O)Nc3cnccc3-c3cc(N)nc(C)n3)n2)c(F)c1. The topological polar surface area (TPSA) is 133 Å². The van der Waals surface area contributed by atoms with Crippen LogP contribution >= 0.6 is 0 Å². The lowest BCUT2D eigenvalue weighted by Crippen LogP contribution is -2.17. The first-order valence-electron chi connectivity index (χ1n) is 9.72. The van der Waals surface area contributed by atoms with Gasteiger partial charge in [0.05, 0.1) is 29.0 Å². The fourth-order valence-corrected chi connectivity index (χ4v) is 3.26. The monoisotopic (exact) mass is 429 g/mol. The van der Waals surface area contributed by atoms with Crippen molar-refractivity contribution in [2.24, 2.45) is 0 Å². The summed E-state index contributed by atoms with van der Waals surface area (Å²) in [5.74, 6) is -0.196. The van der Waals surface area contributed by atoms with Crippen molar-refractivity contribution in [1.29, 1.82) is 0 Å². The van der Waals surface area contributed by atoms with Gasteiger partial charge in [0.25, 0.3) is 5.91 Å². The highest BCUT2D eigenvalue weighted by Crippen LogP contribution is 2.28. The van der Waals surface area contributed by atoms with Crippen LogP contribution in [-0.4, -0.2) is 25.8 Å². The van der Waals surface area contributed by atoms with E-state index in [2.05, 4.69) is 25.3 Å². The third kappa shape index (κ3) is 4.22. The van der Waals surface area contributed by atoms with Crippen LogP contribution in [0.3, 0.4) is 0 Å². The number of nitrogens with zero attached hydrogens (tertiary/aromatic N) is 4. The third-order valence-electron chi connectivity index (χ3n) is 4.75. The van der Waals surface area contributed by atoms with E-state index >= 15 is 0 Å². The number of hydrogen-bond donors (Lipinski definition) is 3. The maximum Gasteiger partial charge on any atom is 0.276 e. The molecule has 0 fully saturated rings. The van der Waals surface area contributed by atoms with Crippen LogP contribution in [-0.2, 0) is 0 Å². The number of aryl methyl sites for hydroxylation is 2. The number of hydrogen-bond acceptors (Lipinski definition) is 7. The zero-order chi connectivity index (χ0) is 22.8. The Balaban J connectivity index is 1.70. The van der Waals surface area contributed by atoms with Gasteiger partial charge in [0.1, 0.15) is 17.5 Å². The summed E-state index contributed by atoms with van der Waals surface area (Å²) in [7, 11) is 0. The van der Waals surface area contributed by atoms with E-state index in [4.69, 9.17) is 11.5 Å². The average Bonchev–Trinajstić information content (AvgIpc) is 2.74. The molecule has 0 atom stereocenters. The van der Waals surface area contributed by atoms with Crippen molar-refractivity contribution in [2.45, 2.75) is 13.8 Å². The van der Waals surface area contributed by atoms with Crippen LogP contribution in [0.2, 0.25) is 0 Å². The lowest BCUT2D eigenvalue weighted by molar-refractivity contribution is 0.102. The van der Waals surface area contributed by atoms with Crippen LogP contribution in [0.5, 0.6) is 0 Å². The Morgan fingerprint density at radius 1 is 0.938 bits per heavy atom. The van der Waals surface area contributed by atoms with E-state index in [1.165, 1.54) is 18.3 Å². The molecule has 4 aromatic rings. The Hall–Kier alpha value is -4.40. The van der Waals surface area contributed by atoms with Crippen LogP contribution in [0.25, 0.3) is 22.5 Å². The Kier molecular flexibility index (Phi) is 5.46. The number of benzene rings is 1. The molecule has 5 N–H and O–H groups in total. The highest BCUT2D eigenvalue weighted by Gasteiger charge is 2.18. The van der Waals surface area contributed by atoms with Crippen molar-refractivity contribution < 1.29 is 9.18 Å². The number of nitrogens with one attached hydrogen (secondary N) is 1. The minimum atomic E-state index is -0.565. The number of nitrogen functional groups attached to an aromatic ring is 2. The average molecular weight is 429 g/mol. The molecule has 9 heteroatoms. The standard InChI is InChI=1S/C23H20FN7O/c1-12-3-4-14(16(24)9-12)18-6-5-17(25)22(30-18)23(32)31-20-11-27-8-7-15(20)19-10-21(26)29-13(2)28-19/h3-11H,25H2,1-2H3,(H,31,32)(H2,26,28,29). The van der Waals surface area contributed by atoms with Crippen LogP contribution in [0.1, 0.15) is 21.9 Å². The zero-order valence-electron chi connectivity index (χ0n) is 17.4. The van der Waals surface area contributed by atoms with Gasteiger partial charge < -0.3 is 16.8 Å². The summed E-state index contributed by atoms with van der Waals surface area (Å²) in [5.41, 5.74) is 14.9. The molecule has 0 aliphatic carbocycles. The number of aromatic nitrogens is 4. The Morgan fingerprint density at radius 2 is 1.75 bits per heavy atom. The predicted octanol–water partition coefficient (Wildman–Crippen LogP) is 3.77. The van der Waals surface area contributed by atoms with Crippen molar-refractivity contribution in [1.82, 2.24) is 19.9 Å². The molecule has 0 aliphatic rings. The number of anilines is 3. The van der Waals surface area contributed by atoms with E-state index < -0.39 is 11.7 Å². The normalized spacial score (nSPS) is 10.7. The van der Waals surface area contributed by atoms with E-state index in [1.807, 2.05) is 0 Å². The number of pyridine rings is 2. The molecule has 0 spiro atoms. The second-order valence-electron chi connectivity index (χ2n) is 7.22. The highest BCUT2D eigenvalue weighted by molar-refractivity contribution is 6.08. The van der Waals surface area contributed by atoms with Crippen LogP contribution < -0.4 is 16.8 Å². The van der Waals surface area contributed by atoms with E-state index in [0.717, 1.165) is 5.56 Å². The summed E-state index contributed by atoms with van der Waals surface area (Å²) >= 11 is 0. The summed E-state index contributed by atoms with van der Waals surface area (Å²) in [6.07, 6.45) is 3.06. The number of carbonyl (C=O) groups is 1. The summed E-state index contributed by atoms with van der Waals surface area (Å²) in [6, 6.07) is 11.2. The van der Waals surface area contributed by atoms with Gasteiger partial charge in [-0.2, -0.15) is 0 Å². The van der Waals surface area contributed by atoms with Gasteiger partial charge in [-0.15, -0.1) is 0 Å². The van der Waals surface area contributed by atoms with E-state index in [-0.39, 0.29) is 16.9 Å². The van der Waals surface area contributed by atoms with Gasteiger partial charge in [-0.3, -0.25) is 9.78 Å². The summed E-state index contributed by atoms with van der Waals surface area (Å²) in [4.78, 5) is 29.9. The minimum absolute atomic E-state index is 0.0318. The molecule has 0 bridgehead atoms. The molecular weight excluding hydrogens is 409 g/mol. The maximum atomic E-state index is 14.4. The fourth-order valence-electron chi connectivity index (χ4n) is 3.26. The first-order valence-corrected chi connectivity index (χ1v) is 9.72. The van der Waals surface area contributed by atoms with Crippen LogP contribution in [0.15, 0.2) is 54.9 Å². The number of halogens is 1. The molecule has 0 aliphatic heterocycles. The molecule has 0 saturated carbocycles. The minimum Gasteiger partial charge on any atom is -0.397 e. The number of nitrogens with two attached hydrogens (primary N) is 2. The smallest absolute Gasteiger partial charge is 0.276 e. The summed E-state index contributed by atoms with van der Waals surface area (Å²) in [5, 5.41) is 2.77. The van der Waals surface area contributed by atoms with Crippen molar-refractivity contribution in [3.05, 3.63) is 77.8 Å². The van der Waals surface area contributed by atoms with Gasteiger partial charge >= 0.3 is 0 Å². The molecule has 0 saturated heterocycles. The molecule has 160 valence electrons. The van der Waals surface area contributed by atoms with Gasteiger partial charge in [-0.05, 0) is 49.7 Å². The van der Waals surface area contributed by atoms with Gasteiger partial charge in [-0.1, -0.05) is 6.07 Å². The van der Waals surface area contributed by atoms with E-state index in [9.17, 15) is 9.18 Å². The summed E-state index contributed by atoms with van der Waals surface area (Å²) < 4.78 is 14.4. The largest absolute Gasteiger partial charge is 0.397 e. The molecule has 4 rings (SSSR count). The van der Waals surface area contributed by atoms with E-state index in [1.54, 1.807) is 50.4 Å². The molecule has 1 aromatic carbocycles. The zero-order valence-corrected chi connectivity index (χ0v) is 17.4. The Labute approximate surface area is 183 Å². The van der Waals surface area contributed by atoms with Crippen LogP contribution in [0, 0.1) is 19.7 Å². The molecule has 3 aromatic heterocycles. The van der Waals surface area contributed by atoms with Crippen molar-refractivity contribution in [3.63, 3.8) is 0 Å². The molecule has 3 heterocycles.